The Bertz CT molecular complexity index is 2520. The van der Waals surface area contributed by atoms with Crippen molar-refractivity contribution in [2.75, 3.05) is 13.1 Å². The van der Waals surface area contributed by atoms with Gasteiger partial charge in [-0.15, -0.1) is 0 Å². The van der Waals surface area contributed by atoms with Crippen LogP contribution in [0, 0.1) is 18.8 Å². The molecule has 3 amide bonds. The molecule has 0 radical (unpaired) electrons. The number of allylic oxidation sites excluding steroid dienone is 3. The Kier molecular flexibility index (Phi) is 15.5. The average Bonchev–Trinajstić information content (AvgIpc) is 3.25. The average molecular weight is 887 g/mol. The Morgan fingerprint density at radius 3 is 2.23 bits per heavy atom. The summed E-state index contributed by atoms with van der Waals surface area (Å²) in [5.41, 5.74) is 2.40. The fourth-order valence-electron chi connectivity index (χ4n) is 8.17. The number of fused-ring (bicyclic) bond motifs is 1. The van der Waals surface area contributed by atoms with E-state index in [2.05, 4.69) is 35.8 Å². The standard InChI is InChI=1S/C52H60ClN5O6/c1-35(2)45(46-56-44-31-40(53)27-28-42(44)47(59)58(46)32-37-17-10-8-11-18-37)57(48(60)43-22-14-15-29-52(43,7)39-25-23-36(3)24-26-39)33-41(55-50(62)64-51(4,5)6)21-16-30-54-49(61)63-34-38-19-12-9-13-20-38/h8-15,17-20,22-29,31,35,41,43,45H,16,21,30,32-34H2,1-7H3,(H,54,61)(H,55,62). The molecule has 0 saturated carbocycles. The minimum atomic E-state index is -0.798. The van der Waals surface area contributed by atoms with Crippen LogP contribution in [-0.4, -0.2) is 57.3 Å². The summed E-state index contributed by atoms with van der Waals surface area (Å²) >= 11 is 6.52. The van der Waals surface area contributed by atoms with E-state index in [1.807, 2.05) is 112 Å². The second-order valence-corrected chi connectivity index (χ2v) is 18.5. The van der Waals surface area contributed by atoms with Crippen LogP contribution in [0.5, 0.6) is 0 Å². The molecule has 4 aromatic carbocycles. The van der Waals surface area contributed by atoms with Crippen LogP contribution >= 0.6 is 11.6 Å². The Labute approximate surface area is 381 Å². The largest absolute Gasteiger partial charge is 0.445 e. The number of rotatable bonds is 16. The zero-order valence-corrected chi connectivity index (χ0v) is 38.6. The van der Waals surface area contributed by atoms with Gasteiger partial charge >= 0.3 is 12.2 Å². The summed E-state index contributed by atoms with van der Waals surface area (Å²) in [7, 11) is 0. The van der Waals surface area contributed by atoms with Gasteiger partial charge in [0.05, 0.1) is 29.4 Å². The normalized spacial score (nSPS) is 16.9. The van der Waals surface area contributed by atoms with Crippen molar-refractivity contribution >= 4 is 40.6 Å². The third-order valence-corrected chi connectivity index (χ3v) is 11.7. The van der Waals surface area contributed by atoms with Gasteiger partial charge in [0.2, 0.25) is 5.91 Å². The first-order valence-electron chi connectivity index (χ1n) is 21.9. The van der Waals surface area contributed by atoms with Gasteiger partial charge < -0.3 is 25.0 Å². The second-order valence-electron chi connectivity index (χ2n) is 18.0. The van der Waals surface area contributed by atoms with Gasteiger partial charge in [-0.05, 0) is 81.3 Å². The molecule has 5 aromatic rings. The number of carbonyl (C=O) groups excluding carboxylic acids is 3. The van der Waals surface area contributed by atoms with Crippen LogP contribution in [0.15, 0.2) is 132 Å². The number of aryl methyl sites for hydroxylation is 1. The predicted octanol–water partition coefficient (Wildman–Crippen LogP) is 10.2. The van der Waals surface area contributed by atoms with Gasteiger partial charge in [-0.2, -0.15) is 0 Å². The topological polar surface area (TPSA) is 132 Å². The fraction of sp³-hybridized carbons (Fsp3) is 0.365. The lowest BCUT2D eigenvalue weighted by atomic mass is 9.68. The zero-order chi connectivity index (χ0) is 46.0. The lowest BCUT2D eigenvalue weighted by molar-refractivity contribution is -0.140. The molecule has 1 aromatic heterocycles. The molecule has 64 heavy (non-hydrogen) atoms. The number of carbonyl (C=O) groups is 3. The summed E-state index contributed by atoms with van der Waals surface area (Å²) in [5.74, 6) is -0.800. The number of benzene rings is 4. The van der Waals surface area contributed by atoms with Crippen LogP contribution in [0.4, 0.5) is 9.59 Å². The number of hydrogen-bond donors (Lipinski definition) is 2. The number of alkyl carbamates (subject to hydrolysis) is 2. The summed E-state index contributed by atoms with van der Waals surface area (Å²) in [5, 5.41) is 6.71. The minimum Gasteiger partial charge on any atom is -0.445 e. The van der Waals surface area contributed by atoms with Crippen molar-refractivity contribution < 1.29 is 23.9 Å². The van der Waals surface area contributed by atoms with Crippen molar-refractivity contribution in [2.45, 2.75) is 97.6 Å². The molecule has 336 valence electrons. The summed E-state index contributed by atoms with van der Waals surface area (Å²) in [6.45, 7) is 14.0. The molecule has 0 aliphatic heterocycles. The Balaban J connectivity index is 1.43. The first-order valence-corrected chi connectivity index (χ1v) is 22.3. The number of hydrogen-bond acceptors (Lipinski definition) is 7. The number of aromatic nitrogens is 2. The number of amides is 3. The summed E-state index contributed by atoms with van der Waals surface area (Å²) < 4.78 is 12.9. The number of nitrogens with one attached hydrogen (secondary N) is 2. The molecule has 0 bridgehead atoms. The number of nitrogens with zero attached hydrogens (tertiary/aromatic N) is 3. The van der Waals surface area contributed by atoms with Gasteiger partial charge in [0.25, 0.3) is 5.56 Å². The van der Waals surface area contributed by atoms with E-state index in [1.165, 1.54) is 0 Å². The van der Waals surface area contributed by atoms with Crippen molar-refractivity contribution in [1.29, 1.82) is 0 Å². The second kappa shape index (κ2) is 21.0. The van der Waals surface area contributed by atoms with Crippen LogP contribution in [0.25, 0.3) is 10.9 Å². The van der Waals surface area contributed by atoms with E-state index in [-0.39, 0.29) is 43.6 Å². The van der Waals surface area contributed by atoms with Gasteiger partial charge in [0, 0.05) is 29.6 Å². The molecule has 2 N–H and O–H groups in total. The quantitative estimate of drug-likeness (QED) is 0.0943. The van der Waals surface area contributed by atoms with E-state index in [0.29, 0.717) is 34.6 Å². The predicted molar refractivity (Wildman–Crippen MR) is 253 cm³/mol. The maximum Gasteiger partial charge on any atom is 0.407 e. The molecule has 4 atom stereocenters. The van der Waals surface area contributed by atoms with Crippen LogP contribution in [0.1, 0.15) is 88.5 Å². The van der Waals surface area contributed by atoms with Gasteiger partial charge in [-0.25, -0.2) is 14.6 Å². The molecule has 12 heteroatoms. The van der Waals surface area contributed by atoms with E-state index in [4.69, 9.17) is 26.1 Å². The lowest BCUT2D eigenvalue weighted by Crippen LogP contribution is -2.53. The highest BCUT2D eigenvalue weighted by Gasteiger charge is 2.44. The van der Waals surface area contributed by atoms with Crippen LogP contribution in [0.3, 0.4) is 0 Å². The highest BCUT2D eigenvalue weighted by atomic mass is 35.5. The van der Waals surface area contributed by atoms with Gasteiger partial charge in [0.1, 0.15) is 18.0 Å². The Hall–Kier alpha value is -6.20. The maximum atomic E-state index is 15.9. The van der Waals surface area contributed by atoms with E-state index in [9.17, 15) is 14.4 Å². The van der Waals surface area contributed by atoms with E-state index < -0.39 is 41.2 Å². The van der Waals surface area contributed by atoms with E-state index in [0.717, 1.165) is 22.3 Å². The molecule has 0 spiro atoms. The molecule has 6 rings (SSSR count). The van der Waals surface area contributed by atoms with Crippen molar-refractivity contribution in [3.63, 3.8) is 0 Å². The molecule has 1 heterocycles. The van der Waals surface area contributed by atoms with Gasteiger partial charge in [0.15, 0.2) is 0 Å². The molecule has 4 unspecified atom stereocenters. The lowest BCUT2D eigenvalue weighted by Gasteiger charge is -2.43. The molecule has 0 saturated heterocycles. The fourth-order valence-corrected chi connectivity index (χ4v) is 8.33. The first kappa shape index (κ1) is 47.3. The van der Waals surface area contributed by atoms with E-state index >= 15 is 4.79 Å². The van der Waals surface area contributed by atoms with Gasteiger partial charge in [-0.3, -0.25) is 14.2 Å². The highest BCUT2D eigenvalue weighted by Crippen LogP contribution is 2.41. The molecule has 11 nitrogen and oxygen atoms in total. The Morgan fingerprint density at radius 1 is 0.906 bits per heavy atom. The van der Waals surface area contributed by atoms with Crippen molar-refractivity contribution in [3.8, 4) is 0 Å². The Morgan fingerprint density at radius 2 is 1.58 bits per heavy atom. The molecule has 1 aliphatic carbocycles. The van der Waals surface area contributed by atoms with Crippen LogP contribution in [-0.2, 0) is 32.8 Å². The number of ether oxygens (including phenoxy) is 2. The first-order chi connectivity index (χ1) is 30.5. The van der Waals surface area contributed by atoms with Crippen molar-refractivity contribution in [1.82, 2.24) is 25.1 Å². The zero-order valence-electron chi connectivity index (χ0n) is 37.8. The summed E-state index contributed by atoms with van der Waals surface area (Å²) in [6.07, 6.45) is 7.40. The highest BCUT2D eigenvalue weighted by molar-refractivity contribution is 6.31. The number of halogens is 1. The van der Waals surface area contributed by atoms with Crippen molar-refractivity contribution in [3.05, 3.63) is 171 Å². The molecule has 0 fully saturated rings. The van der Waals surface area contributed by atoms with Crippen molar-refractivity contribution in [2.24, 2.45) is 11.8 Å². The smallest absolute Gasteiger partial charge is 0.407 e. The van der Waals surface area contributed by atoms with Gasteiger partial charge in [-0.1, -0.05) is 147 Å². The SMILES string of the molecule is Cc1ccc(C2(C)C=CC=CC2C(=O)N(CC(CCCNC(=O)OCc2ccccc2)NC(=O)OC(C)(C)C)C(c2nc3cc(Cl)ccc3c(=O)n2Cc2ccccc2)C(C)C)cc1. The van der Waals surface area contributed by atoms with E-state index in [1.54, 1.807) is 48.4 Å². The molecule has 1 aliphatic rings. The summed E-state index contributed by atoms with van der Waals surface area (Å²) in [4.78, 5) is 63.9. The van der Waals surface area contributed by atoms with Crippen LogP contribution < -0.4 is 16.2 Å². The third kappa shape index (κ3) is 12.1. The monoisotopic (exact) mass is 885 g/mol. The molecular formula is C52H60ClN5O6. The van der Waals surface area contributed by atoms with Crippen LogP contribution in [0.2, 0.25) is 5.02 Å². The summed E-state index contributed by atoms with van der Waals surface area (Å²) in [6, 6.07) is 30.9. The molecular weight excluding hydrogens is 826 g/mol. The minimum absolute atomic E-state index is 0.0200. The third-order valence-electron chi connectivity index (χ3n) is 11.4. The maximum absolute atomic E-state index is 15.9.